The van der Waals surface area contributed by atoms with E-state index in [0.717, 1.165) is 12.8 Å². The summed E-state index contributed by atoms with van der Waals surface area (Å²) in [6.45, 7) is 9.23. The third-order valence-electron chi connectivity index (χ3n) is 3.48. The van der Waals surface area contributed by atoms with Crippen LogP contribution in [-0.4, -0.2) is 31.3 Å². The lowest BCUT2D eigenvalue weighted by Crippen LogP contribution is -2.29. The Morgan fingerprint density at radius 1 is 1.40 bits per heavy atom. The molecule has 6 nitrogen and oxygen atoms in total. The molecule has 0 aliphatic carbocycles. The summed E-state index contributed by atoms with van der Waals surface area (Å²) in [7, 11) is -3.50. The van der Waals surface area contributed by atoms with Gasteiger partial charge in [-0.3, -0.25) is 4.68 Å². The van der Waals surface area contributed by atoms with Crippen molar-refractivity contribution in [1.82, 2.24) is 14.5 Å². The Bertz CT molecular complexity index is 537. The van der Waals surface area contributed by atoms with Gasteiger partial charge in [-0.25, -0.2) is 13.1 Å². The highest BCUT2D eigenvalue weighted by Gasteiger charge is 2.24. The number of aryl methyl sites for hydroxylation is 2. The molecule has 20 heavy (non-hydrogen) atoms. The van der Waals surface area contributed by atoms with Gasteiger partial charge >= 0.3 is 0 Å². The van der Waals surface area contributed by atoms with E-state index in [-0.39, 0.29) is 0 Å². The normalized spacial score (nSPS) is 13.7. The fourth-order valence-electron chi connectivity index (χ4n) is 2.00. The van der Waals surface area contributed by atoms with Gasteiger partial charge in [-0.1, -0.05) is 20.3 Å². The quantitative estimate of drug-likeness (QED) is 0.754. The van der Waals surface area contributed by atoms with Crippen LogP contribution in [0, 0.1) is 19.8 Å². The summed E-state index contributed by atoms with van der Waals surface area (Å²) in [4.78, 5) is 0.304. The van der Waals surface area contributed by atoms with Crippen molar-refractivity contribution in [2.24, 2.45) is 11.7 Å². The van der Waals surface area contributed by atoms with Crippen LogP contribution >= 0.6 is 0 Å². The Balaban J connectivity index is 2.97. The Morgan fingerprint density at radius 2 is 2.05 bits per heavy atom. The van der Waals surface area contributed by atoms with Crippen molar-refractivity contribution in [3.05, 3.63) is 11.4 Å². The van der Waals surface area contributed by atoms with Crippen molar-refractivity contribution in [2.75, 3.05) is 13.1 Å². The highest BCUT2D eigenvalue weighted by Crippen LogP contribution is 2.19. The van der Waals surface area contributed by atoms with Crippen molar-refractivity contribution in [3.63, 3.8) is 0 Å². The van der Waals surface area contributed by atoms with Crippen LogP contribution in [0.2, 0.25) is 0 Å². The van der Waals surface area contributed by atoms with Gasteiger partial charge in [-0.15, -0.1) is 0 Å². The smallest absolute Gasteiger partial charge is 0.244 e. The first-order valence-electron chi connectivity index (χ1n) is 7.07. The molecule has 0 aliphatic rings. The molecule has 0 radical (unpaired) electrons. The van der Waals surface area contributed by atoms with E-state index < -0.39 is 10.0 Å². The topological polar surface area (TPSA) is 90.0 Å². The van der Waals surface area contributed by atoms with Crippen LogP contribution in [0.4, 0.5) is 0 Å². The van der Waals surface area contributed by atoms with Gasteiger partial charge in [-0.2, -0.15) is 5.10 Å². The largest absolute Gasteiger partial charge is 0.330 e. The molecule has 1 heterocycles. The molecule has 0 saturated carbocycles. The Labute approximate surface area is 121 Å². The van der Waals surface area contributed by atoms with Crippen molar-refractivity contribution < 1.29 is 8.42 Å². The minimum Gasteiger partial charge on any atom is -0.330 e. The molecule has 0 fully saturated rings. The molecule has 0 saturated heterocycles. The number of sulfonamides is 1. The zero-order valence-electron chi connectivity index (χ0n) is 12.8. The van der Waals surface area contributed by atoms with Gasteiger partial charge in [0, 0.05) is 13.1 Å². The molecular weight excluding hydrogens is 276 g/mol. The van der Waals surface area contributed by atoms with Gasteiger partial charge in [0.15, 0.2) is 0 Å². The monoisotopic (exact) mass is 302 g/mol. The van der Waals surface area contributed by atoms with E-state index >= 15 is 0 Å². The third-order valence-corrected chi connectivity index (χ3v) is 5.15. The van der Waals surface area contributed by atoms with Crippen molar-refractivity contribution in [2.45, 2.75) is 52.0 Å². The average molecular weight is 302 g/mol. The lowest BCUT2D eigenvalue weighted by molar-refractivity contribution is 0.527. The van der Waals surface area contributed by atoms with Crippen molar-refractivity contribution in [1.29, 1.82) is 0 Å². The molecule has 7 heteroatoms. The number of nitrogens with two attached hydrogens (primary N) is 1. The second kappa shape index (κ2) is 7.19. The summed E-state index contributed by atoms with van der Waals surface area (Å²) in [6, 6.07) is 0. The van der Waals surface area contributed by atoms with Crippen LogP contribution in [-0.2, 0) is 16.6 Å². The number of hydrogen-bond acceptors (Lipinski definition) is 4. The zero-order chi connectivity index (χ0) is 15.3. The van der Waals surface area contributed by atoms with E-state index in [0.29, 0.717) is 41.8 Å². The molecule has 1 rings (SSSR count). The molecule has 3 N–H and O–H groups in total. The molecule has 0 bridgehead atoms. The van der Waals surface area contributed by atoms with Crippen LogP contribution in [0.25, 0.3) is 0 Å². The van der Waals surface area contributed by atoms with E-state index in [4.69, 9.17) is 5.73 Å². The van der Waals surface area contributed by atoms with Crippen LogP contribution in [0.5, 0.6) is 0 Å². The maximum atomic E-state index is 12.4. The summed E-state index contributed by atoms with van der Waals surface area (Å²) in [5.74, 6) is 0.317. The maximum absolute atomic E-state index is 12.4. The van der Waals surface area contributed by atoms with Crippen LogP contribution in [0.1, 0.15) is 38.1 Å². The highest BCUT2D eigenvalue weighted by atomic mass is 32.2. The minimum atomic E-state index is -3.50. The molecule has 1 aromatic heterocycles. The predicted molar refractivity (Wildman–Crippen MR) is 80.0 cm³/mol. The molecule has 0 aliphatic heterocycles. The van der Waals surface area contributed by atoms with Gasteiger partial charge in [0.05, 0.1) is 11.4 Å². The first kappa shape index (κ1) is 17.1. The molecule has 1 atom stereocenters. The molecule has 0 spiro atoms. The first-order valence-corrected chi connectivity index (χ1v) is 8.55. The van der Waals surface area contributed by atoms with Gasteiger partial charge in [-0.05, 0) is 32.7 Å². The Morgan fingerprint density at radius 3 is 2.60 bits per heavy atom. The molecular formula is C13H26N4O2S. The average Bonchev–Trinajstić information content (AvgIpc) is 2.68. The van der Waals surface area contributed by atoms with Crippen molar-refractivity contribution in [3.8, 4) is 0 Å². The predicted octanol–water partition coefficient (Wildman–Crippen LogP) is 1.17. The zero-order valence-corrected chi connectivity index (χ0v) is 13.6. The van der Waals surface area contributed by atoms with E-state index in [2.05, 4.69) is 9.82 Å². The van der Waals surface area contributed by atoms with E-state index in [9.17, 15) is 8.42 Å². The molecule has 0 amide bonds. The number of nitrogens with zero attached hydrogens (tertiary/aromatic N) is 2. The number of nitrogens with one attached hydrogen (secondary N) is 1. The first-order chi connectivity index (χ1) is 9.33. The summed E-state index contributed by atoms with van der Waals surface area (Å²) in [6.07, 6.45) is 1.72. The maximum Gasteiger partial charge on any atom is 0.244 e. The van der Waals surface area contributed by atoms with Gasteiger partial charge in [0.1, 0.15) is 4.90 Å². The van der Waals surface area contributed by atoms with Crippen LogP contribution in [0.3, 0.4) is 0 Å². The fourth-order valence-corrected chi connectivity index (χ4v) is 3.57. The standard InChI is InChI=1S/C13H26N4O2S/c1-5-10(2)9-15-20(18,19)13-11(3)16-17(12(13)4)8-6-7-14/h10,15H,5-9,14H2,1-4H3. The Kier molecular flexibility index (Phi) is 6.16. The fraction of sp³-hybridized carbons (Fsp3) is 0.769. The van der Waals surface area contributed by atoms with E-state index in [1.807, 2.05) is 13.8 Å². The number of rotatable bonds is 8. The SMILES string of the molecule is CCC(C)CNS(=O)(=O)c1c(C)nn(CCCN)c1C. The van der Waals surface area contributed by atoms with Gasteiger partial charge < -0.3 is 5.73 Å². The van der Waals surface area contributed by atoms with Gasteiger partial charge in [0.2, 0.25) is 10.0 Å². The van der Waals surface area contributed by atoms with E-state index in [1.54, 1.807) is 18.5 Å². The van der Waals surface area contributed by atoms with Crippen molar-refractivity contribution >= 4 is 10.0 Å². The summed E-state index contributed by atoms with van der Waals surface area (Å²) in [5.41, 5.74) is 6.69. The summed E-state index contributed by atoms with van der Waals surface area (Å²) in [5, 5.41) is 4.30. The molecule has 1 aromatic rings. The molecule has 1 unspecified atom stereocenters. The highest BCUT2D eigenvalue weighted by molar-refractivity contribution is 7.89. The minimum absolute atomic E-state index is 0.304. The summed E-state index contributed by atoms with van der Waals surface area (Å²) < 4.78 is 29.2. The molecule has 116 valence electrons. The summed E-state index contributed by atoms with van der Waals surface area (Å²) >= 11 is 0. The second-order valence-electron chi connectivity index (χ2n) is 5.23. The molecule has 0 aromatic carbocycles. The Hall–Kier alpha value is -0.920. The lowest BCUT2D eigenvalue weighted by atomic mass is 10.1. The number of hydrogen-bond donors (Lipinski definition) is 2. The second-order valence-corrected chi connectivity index (χ2v) is 6.93. The van der Waals surface area contributed by atoms with E-state index in [1.165, 1.54) is 0 Å². The van der Waals surface area contributed by atoms with Gasteiger partial charge in [0.25, 0.3) is 0 Å². The third kappa shape index (κ3) is 4.04. The van der Waals surface area contributed by atoms with Crippen LogP contribution in [0.15, 0.2) is 4.90 Å². The van der Waals surface area contributed by atoms with Crippen LogP contribution < -0.4 is 10.5 Å². The lowest BCUT2D eigenvalue weighted by Gasteiger charge is -2.11. The number of aromatic nitrogens is 2.